The van der Waals surface area contributed by atoms with Crippen molar-refractivity contribution < 1.29 is 69.1 Å². The van der Waals surface area contributed by atoms with E-state index in [0.29, 0.717) is 12.8 Å². The summed E-state index contributed by atoms with van der Waals surface area (Å²) in [5, 5.41) is 50.6. The van der Waals surface area contributed by atoms with Crippen molar-refractivity contribution in [3.05, 3.63) is 0 Å². The first kappa shape index (κ1) is 53.0. The highest BCUT2D eigenvalue weighted by atomic mass is 31.2. The van der Waals surface area contributed by atoms with Crippen molar-refractivity contribution >= 4 is 20.1 Å². The van der Waals surface area contributed by atoms with Crippen LogP contribution in [0.25, 0.3) is 0 Å². The summed E-state index contributed by atoms with van der Waals surface area (Å²) < 4.78 is 26.1. The van der Waals surface area contributed by atoms with E-state index in [1.807, 2.05) is 0 Å². The number of hydrogen-bond donors (Lipinski definition) is 6. The molecule has 0 amide bonds. The molecule has 331 valence electrons. The van der Waals surface area contributed by atoms with Crippen LogP contribution in [-0.2, 0) is 32.7 Å². The highest BCUT2D eigenvalue weighted by molar-refractivity contribution is 7.53. The smallest absolute Gasteiger partial charge is 0.574 e. The van der Waals surface area contributed by atoms with Gasteiger partial charge in [0.1, 0.15) is 43.5 Å². The fourth-order valence-corrected chi connectivity index (χ4v) is 8.03. The first-order chi connectivity index (χ1) is 27.0. The molecule has 0 aromatic heterocycles. The highest BCUT2D eigenvalue weighted by Gasteiger charge is 2.55. The van der Waals surface area contributed by atoms with E-state index in [0.717, 1.165) is 38.5 Å². The molecule has 8 N–H and O–H groups in total. The second kappa shape index (κ2) is 33.8. The lowest BCUT2D eigenvalue weighted by Crippen LogP contribution is -2.65. The van der Waals surface area contributed by atoms with Crippen LogP contribution in [0.2, 0.25) is 0 Å². The first-order valence-electron chi connectivity index (χ1n) is 22.1. The number of unbranched alkanes of at least 4 members (excludes halogenated alkanes) is 24. The number of hydrogen-bond acceptors (Lipinski definition) is 13. The summed E-state index contributed by atoms with van der Waals surface area (Å²) in [6.45, 7) is 3.44. The summed E-state index contributed by atoms with van der Waals surface area (Å²) >= 11 is 0. The van der Waals surface area contributed by atoms with E-state index in [2.05, 4.69) is 24.4 Å². The Labute approximate surface area is 338 Å². The number of phosphoric ester groups is 1. The summed E-state index contributed by atoms with van der Waals surface area (Å²) in [6, 6.07) is 0. The van der Waals surface area contributed by atoms with Crippen molar-refractivity contribution in [2.75, 3.05) is 13.2 Å². The molecule has 56 heavy (non-hydrogen) atoms. The zero-order valence-corrected chi connectivity index (χ0v) is 35.8. The summed E-state index contributed by atoms with van der Waals surface area (Å²) in [5.74, 6) is 2.05. The van der Waals surface area contributed by atoms with E-state index >= 15 is 0 Å². The van der Waals surface area contributed by atoms with Gasteiger partial charge in [-0.25, -0.2) is 0 Å². The van der Waals surface area contributed by atoms with Gasteiger partial charge in [0.05, 0.1) is 0 Å². The number of aliphatic hydroxyl groups is 5. The molecule has 14 nitrogen and oxygen atoms in total. The van der Waals surface area contributed by atoms with E-state index in [1.165, 1.54) is 116 Å². The topological polar surface area (TPSA) is 235 Å². The SMILES string of the molecule is CCCCCCCCCCCCCCCC(=O)O[C@@H](COC(=[O+])CCCCCCCCCCCCCCC)CO[P+]([O-])(O[NH3+])OC1[C@H](O)[C@H](O)C(O)[C@H](O)[C@H]1O. The number of esters is 2. The zero-order valence-electron chi connectivity index (χ0n) is 34.9. The van der Waals surface area contributed by atoms with Crippen molar-refractivity contribution in [3.8, 4) is 0 Å². The molecule has 1 saturated carbocycles. The third kappa shape index (κ3) is 24.8. The number of ether oxygens (including phenoxy) is 2. The minimum atomic E-state index is -4.72. The molecular weight excluding hydrogens is 745 g/mol. The van der Waals surface area contributed by atoms with E-state index < -0.39 is 76.1 Å². The van der Waals surface area contributed by atoms with Gasteiger partial charge < -0.3 is 39.9 Å². The average molecular weight is 827 g/mol. The van der Waals surface area contributed by atoms with Crippen molar-refractivity contribution in [2.24, 2.45) is 0 Å². The van der Waals surface area contributed by atoms with Crippen LogP contribution in [-0.4, -0.2) is 93.4 Å². The van der Waals surface area contributed by atoms with Crippen LogP contribution >= 0.6 is 8.17 Å². The van der Waals surface area contributed by atoms with Crippen LogP contribution < -0.4 is 10.8 Å². The van der Waals surface area contributed by atoms with Crippen molar-refractivity contribution in [1.82, 2.24) is 0 Å². The van der Waals surface area contributed by atoms with E-state index in [4.69, 9.17) is 18.5 Å². The van der Waals surface area contributed by atoms with E-state index in [1.54, 1.807) is 0 Å². The molecule has 1 rings (SSSR count). The maximum absolute atomic E-state index is 13.3. The number of rotatable bonds is 37. The van der Waals surface area contributed by atoms with Gasteiger partial charge in [-0.15, -0.1) is 0 Å². The van der Waals surface area contributed by atoms with Crippen LogP contribution in [0.1, 0.15) is 194 Å². The van der Waals surface area contributed by atoms with Gasteiger partial charge >= 0.3 is 20.1 Å². The quantitative estimate of drug-likeness (QED) is 0.0142. The van der Waals surface area contributed by atoms with Crippen molar-refractivity contribution in [2.45, 2.75) is 236 Å². The number of carbonyl (C=O) groups excluding carboxylic acids is 2. The Bertz CT molecular complexity index is 952. The molecule has 1 aliphatic rings. The summed E-state index contributed by atoms with van der Waals surface area (Å²) in [7, 11) is -4.72. The largest absolute Gasteiger partial charge is 0.601 e. The molecule has 0 bridgehead atoms. The van der Waals surface area contributed by atoms with Gasteiger partial charge in [0.2, 0.25) is 6.61 Å². The lowest BCUT2D eigenvalue weighted by Gasteiger charge is -2.41. The Kier molecular flexibility index (Phi) is 31.9. The number of carbonyl (C=O) groups is 2. The zero-order chi connectivity index (χ0) is 41.4. The monoisotopic (exact) mass is 827 g/mol. The second-order valence-electron chi connectivity index (χ2n) is 15.7. The number of aliphatic hydroxyl groups excluding tert-OH is 5. The first-order valence-corrected chi connectivity index (χ1v) is 23.6. The number of quaternary nitrogens is 1. The van der Waals surface area contributed by atoms with Crippen molar-refractivity contribution in [3.63, 3.8) is 0 Å². The van der Waals surface area contributed by atoms with E-state index in [9.17, 15) is 40.0 Å². The Hall–Kier alpha value is -1.03. The summed E-state index contributed by atoms with van der Waals surface area (Å²) in [4.78, 5) is 38.7. The van der Waals surface area contributed by atoms with Crippen LogP contribution in [0, 0.1) is 0 Å². The fourth-order valence-electron chi connectivity index (χ4n) is 6.94. The molecule has 0 heterocycles. The van der Waals surface area contributed by atoms with Gasteiger partial charge in [-0.3, -0.25) is 4.79 Å². The second-order valence-corrected chi connectivity index (χ2v) is 17.3. The predicted octanol–water partition coefficient (Wildman–Crippen LogP) is 5.84. The minimum Gasteiger partial charge on any atom is -0.601 e. The maximum Gasteiger partial charge on any atom is 0.574 e. The lowest BCUT2D eigenvalue weighted by atomic mass is 9.85. The highest BCUT2D eigenvalue weighted by Crippen LogP contribution is 2.54. The molecule has 0 spiro atoms. The lowest BCUT2D eigenvalue weighted by molar-refractivity contribution is -0.656. The molecule has 3 unspecified atom stereocenters. The van der Waals surface area contributed by atoms with Crippen LogP contribution in [0.4, 0.5) is 0 Å². The van der Waals surface area contributed by atoms with Crippen molar-refractivity contribution in [1.29, 1.82) is 0 Å². The van der Waals surface area contributed by atoms with Gasteiger partial charge in [0, 0.05) is 11.2 Å². The van der Waals surface area contributed by atoms with Gasteiger partial charge in [-0.2, -0.15) is 14.9 Å². The van der Waals surface area contributed by atoms with Gasteiger partial charge in [-0.05, 0) is 17.5 Å². The minimum absolute atomic E-state index is 0.125. The average Bonchev–Trinajstić information content (AvgIpc) is 3.19. The molecule has 1 radical (unpaired) electrons. The standard InChI is InChI=1S/C41H81NO13P/c1-3-5-7-9-11-13-15-17-19-21-23-25-27-29-34(43)51-31-33(53-35(44)30-28-26-24-22-20-18-16-14-12-10-8-6-4-2)32-52-56(50,55-42)54-41-39(48)37(46)36(45)38(47)40(41)49/h33,36-41,45-49H,3-32H2,1-2,42H3/q+2/t33-,36?,37-,38+,39+,40+,41?,56?/m0/s1. The van der Waals surface area contributed by atoms with Crippen LogP contribution in [0.5, 0.6) is 0 Å². The third-order valence-electron chi connectivity index (χ3n) is 10.6. The normalized spacial score (nSPS) is 22.8. The molecular formula is C41H81NO13P+2. The van der Waals surface area contributed by atoms with Gasteiger partial charge in [0.15, 0.2) is 12.2 Å². The predicted molar refractivity (Wildman–Crippen MR) is 213 cm³/mol. The Morgan fingerprint density at radius 2 is 0.946 bits per heavy atom. The van der Waals surface area contributed by atoms with Gasteiger partial charge in [-0.1, -0.05) is 168 Å². The summed E-state index contributed by atoms with van der Waals surface area (Å²) in [6.07, 6.45) is 17.9. The van der Waals surface area contributed by atoms with Gasteiger partial charge in [0.25, 0.3) is 0 Å². The Morgan fingerprint density at radius 1 is 0.589 bits per heavy atom. The Morgan fingerprint density at radius 3 is 1.34 bits per heavy atom. The van der Waals surface area contributed by atoms with E-state index in [-0.39, 0.29) is 12.8 Å². The molecule has 1 fully saturated rings. The molecule has 0 saturated heterocycles. The molecule has 0 aromatic carbocycles. The molecule has 0 aliphatic heterocycles. The third-order valence-corrected chi connectivity index (χ3v) is 11.9. The molecule has 1 aliphatic carbocycles. The van der Waals surface area contributed by atoms with Crippen LogP contribution in [0.3, 0.4) is 0 Å². The van der Waals surface area contributed by atoms with Crippen LogP contribution in [0.15, 0.2) is 0 Å². The molecule has 8 atom stereocenters. The molecule has 0 aromatic rings. The summed E-state index contributed by atoms with van der Waals surface area (Å²) in [5.41, 5.74) is 0. The Balaban J connectivity index is 2.53. The maximum atomic E-state index is 13.3. The number of phosphoric acid groups is 1. The fraction of sp³-hybridized carbons (Fsp3) is 0.951. The molecule has 15 heteroatoms.